The highest BCUT2D eigenvalue weighted by Crippen LogP contribution is 2.28. The minimum atomic E-state index is -0.654. The Morgan fingerprint density at radius 1 is 1.14 bits per heavy atom. The smallest absolute Gasteiger partial charge is 0.184 e. The van der Waals surface area contributed by atoms with Gasteiger partial charge in [-0.15, -0.1) is 0 Å². The summed E-state index contributed by atoms with van der Waals surface area (Å²) in [5, 5.41) is 0. The fourth-order valence-corrected chi connectivity index (χ4v) is 1.49. The summed E-state index contributed by atoms with van der Waals surface area (Å²) in [7, 11) is 0. The molecular formula is C9H7BrF2O2. The van der Waals surface area contributed by atoms with Gasteiger partial charge in [0.05, 0.1) is 17.7 Å². The van der Waals surface area contributed by atoms with Gasteiger partial charge in [0.2, 0.25) is 0 Å². The summed E-state index contributed by atoms with van der Waals surface area (Å²) in [5.41, 5.74) is 0.362. The third kappa shape index (κ3) is 1.80. The first-order chi connectivity index (χ1) is 6.68. The minimum absolute atomic E-state index is 0.167. The quantitative estimate of drug-likeness (QED) is 0.727. The predicted molar refractivity (Wildman–Crippen MR) is 48.7 cm³/mol. The summed E-state index contributed by atoms with van der Waals surface area (Å²) >= 11 is 2.79. The standard InChI is InChI=1S/C9H7BrF2O2/c10-8-6(11)3-5(4-7(8)12)9-13-1-2-14-9/h3-4,9H,1-2H2. The van der Waals surface area contributed by atoms with Crippen LogP contribution in [0.2, 0.25) is 0 Å². The van der Waals surface area contributed by atoms with Crippen LogP contribution in [-0.2, 0) is 9.47 Å². The molecule has 76 valence electrons. The van der Waals surface area contributed by atoms with Gasteiger partial charge >= 0.3 is 0 Å². The molecule has 0 amide bonds. The van der Waals surface area contributed by atoms with Gasteiger partial charge in [0.25, 0.3) is 0 Å². The van der Waals surface area contributed by atoms with Crippen LogP contribution in [0.4, 0.5) is 8.78 Å². The normalized spacial score (nSPS) is 17.6. The van der Waals surface area contributed by atoms with Crippen molar-refractivity contribution in [2.75, 3.05) is 13.2 Å². The van der Waals surface area contributed by atoms with E-state index >= 15 is 0 Å². The fraction of sp³-hybridized carbons (Fsp3) is 0.333. The molecule has 0 bridgehead atoms. The maximum absolute atomic E-state index is 13.1. The van der Waals surface area contributed by atoms with Crippen LogP contribution in [0.1, 0.15) is 11.9 Å². The van der Waals surface area contributed by atoms with E-state index in [4.69, 9.17) is 9.47 Å². The van der Waals surface area contributed by atoms with E-state index < -0.39 is 17.9 Å². The van der Waals surface area contributed by atoms with Crippen molar-refractivity contribution in [2.24, 2.45) is 0 Å². The van der Waals surface area contributed by atoms with Crippen molar-refractivity contribution >= 4 is 15.9 Å². The van der Waals surface area contributed by atoms with E-state index in [-0.39, 0.29) is 4.47 Å². The Bertz CT molecular complexity index is 328. The number of hydrogen-bond donors (Lipinski definition) is 0. The van der Waals surface area contributed by atoms with Crippen molar-refractivity contribution < 1.29 is 18.3 Å². The molecule has 1 aliphatic heterocycles. The van der Waals surface area contributed by atoms with Crippen molar-refractivity contribution in [1.82, 2.24) is 0 Å². The summed E-state index contributed by atoms with van der Waals surface area (Å²) in [6.45, 7) is 0.897. The van der Waals surface area contributed by atoms with Crippen LogP contribution in [0.25, 0.3) is 0 Å². The van der Waals surface area contributed by atoms with Crippen molar-refractivity contribution in [1.29, 1.82) is 0 Å². The van der Waals surface area contributed by atoms with Gasteiger partial charge in [-0.1, -0.05) is 0 Å². The third-order valence-electron chi connectivity index (χ3n) is 1.90. The van der Waals surface area contributed by atoms with Crippen molar-refractivity contribution in [3.8, 4) is 0 Å². The molecule has 1 fully saturated rings. The number of benzene rings is 1. The molecule has 0 aliphatic carbocycles. The lowest BCUT2D eigenvalue weighted by molar-refractivity contribution is -0.0445. The molecule has 1 aromatic rings. The van der Waals surface area contributed by atoms with E-state index in [1.807, 2.05) is 0 Å². The lowest BCUT2D eigenvalue weighted by Gasteiger charge is -2.10. The summed E-state index contributed by atoms with van der Waals surface area (Å²) in [4.78, 5) is 0. The maximum atomic E-state index is 13.1. The molecule has 2 rings (SSSR count). The highest BCUT2D eigenvalue weighted by Gasteiger charge is 2.21. The van der Waals surface area contributed by atoms with Crippen LogP contribution in [0.5, 0.6) is 0 Å². The number of halogens is 3. The first kappa shape index (κ1) is 10.0. The predicted octanol–water partition coefficient (Wildman–Crippen LogP) is 2.77. The van der Waals surface area contributed by atoms with Crippen LogP contribution >= 0.6 is 15.9 Å². The second kappa shape index (κ2) is 3.92. The van der Waals surface area contributed by atoms with Gasteiger partial charge in [-0.3, -0.25) is 0 Å². The highest BCUT2D eigenvalue weighted by atomic mass is 79.9. The van der Waals surface area contributed by atoms with Crippen LogP contribution in [0, 0.1) is 11.6 Å². The lowest BCUT2D eigenvalue weighted by atomic mass is 10.2. The van der Waals surface area contributed by atoms with Gasteiger partial charge in [-0.25, -0.2) is 8.78 Å². The second-order valence-electron chi connectivity index (χ2n) is 2.87. The topological polar surface area (TPSA) is 18.5 Å². The number of ether oxygens (including phenoxy) is 2. The van der Waals surface area contributed by atoms with Gasteiger partial charge < -0.3 is 9.47 Å². The zero-order valence-corrected chi connectivity index (χ0v) is 8.68. The molecule has 14 heavy (non-hydrogen) atoms. The van der Waals surface area contributed by atoms with Crippen LogP contribution in [-0.4, -0.2) is 13.2 Å². The first-order valence-electron chi connectivity index (χ1n) is 4.06. The maximum Gasteiger partial charge on any atom is 0.184 e. The third-order valence-corrected chi connectivity index (χ3v) is 2.66. The molecule has 1 heterocycles. The molecule has 0 unspecified atom stereocenters. The van der Waals surface area contributed by atoms with Gasteiger partial charge in [0.1, 0.15) is 11.6 Å². The largest absolute Gasteiger partial charge is 0.346 e. The van der Waals surface area contributed by atoms with Gasteiger partial charge in [0, 0.05) is 5.56 Å². The van der Waals surface area contributed by atoms with Crippen molar-refractivity contribution in [2.45, 2.75) is 6.29 Å². The summed E-state index contributed by atoms with van der Waals surface area (Å²) in [5.74, 6) is -1.31. The van der Waals surface area contributed by atoms with Crippen LogP contribution in [0.15, 0.2) is 16.6 Å². The first-order valence-corrected chi connectivity index (χ1v) is 4.85. The van der Waals surface area contributed by atoms with E-state index in [2.05, 4.69) is 15.9 Å². The molecule has 1 saturated heterocycles. The highest BCUT2D eigenvalue weighted by molar-refractivity contribution is 9.10. The Morgan fingerprint density at radius 2 is 1.64 bits per heavy atom. The van der Waals surface area contributed by atoms with Crippen molar-refractivity contribution in [3.05, 3.63) is 33.8 Å². The molecule has 0 atom stereocenters. The minimum Gasteiger partial charge on any atom is -0.346 e. The number of hydrogen-bond acceptors (Lipinski definition) is 2. The fourth-order valence-electron chi connectivity index (χ4n) is 1.26. The molecule has 0 radical (unpaired) electrons. The molecule has 1 aliphatic rings. The Labute approximate surface area is 87.9 Å². The zero-order chi connectivity index (χ0) is 10.1. The van der Waals surface area contributed by atoms with Gasteiger partial charge in [0.15, 0.2) is 6.29 Å². The molecule has 0 N–H and O–H groups in total. The van der Waals surface area contributed by atoms with Gasteiger partial charge in [-0.05, 0) is 28.1 Å². The summed E-state index contributed by atoms with van der Waals surface area (Å²) in [6, 6.07) is 2.40. The average Bonchev–Trinajstić information content (AvgIpc) is 2.66. The summed E-state index contributed by atoms with van der Waals surface area (Å²) in [6.07, 6.45) is -0.646. The van der Waals surface area contributed by atoms with E-state index in [9.17, 15) is 8.78 Å². The SMILES string of the molecule is Fc1cc(C2OCCO2)cc(F)c1Br. The van der Waals surface area contributed by atoms with E-state index in [0.29, 0.717) is 18.8 Å². The molecule has 0 saturated carbocycles. The average molecular weight is 265 g/mol. The van der Waals surface area contributed by atoms with Crippen molar-refractivity contribution in [3.63, 3.8) is 0 Å². The Balaban J connectivity index is 2.34. The molecular weight excluding hydrogens is 258 g/mol. The van der Waals surface area contributed by atoms with Crippen LogP contribution < -0.4 is 0 Å². The van der Waals surface area contributed by atoms with Gasteiger partial charge in [-0.2, -0.15) is 0 Å². The second-order valence-corrected chi connectivity index (χ2v) is 3.67. The monoisotopic (exact) mass is 264 g/mol. The molecule has 1 aromatic carbocycles. The Kier molecular flexibility index (Phi) is 2.80. The molecule has 0 spiro atoms. The zero-order valence-electron chi connectivity index (χ0n) is 7.10. The summed E-state index contributed by atoms with van der Waals surface area (Å²) < 4.78 is 36.3. The van der Waals surface area contributed by atoms with Crippen LogP contribution in [0.3, 0.4) is 0 Å². The Hall–Kier alpha value is -0.520. The van der Waals surface area contributed by atoms with E-state index in [1.54, 1.807) is 0 Å². The molecule has 2 nitrogen and oxygen atoms in total. The lowest BCUT2D eigenvalue weighted by Crippen LogP contribution is -2.00. The molecule has 0 aromatic heterocycles. The number of rotatable bonds is 1. The van der Waals surface area contributed by atoms with E-state index in [1.165, 1.54) is 12.1 Å². The molecule has 5 heteroatoms. The Morgan fingerprint density at radius 3 is 2.14 bits per heavy atom. The van der Waals surface area contributed by atoms with E-state index in [0.717, 1.165) is 0 Å².